The average molecular weight is 181 g/mol. The summed E-state index contributed by atoms with van der Waals surface area (Å²) >= 11 is 1.28. The molecule has 0 unspecified atom stereocenters. The second kappa shape index (κ2) is 2.71. The predicted octanol–water partition coefficient (Wildman–Crippen LogP) is 2.19. The van der Waals surface area contributed by atoms with E-state index in [-0.39, 0.29) is 0 Å². The number of hydrogen-bond donors (Lipinski definition) is 1. The average Bonchev–Trinajstić information content (AvgIpc) is 2.46. The van der Waals surface area contributed by atoms with Crippen LogP contribution in [0.2, 0.25) is 0 Å². The molecule has 0 aromatic heterocycles. The zero-order chi connectivity index (χ0) is 8.55. The van der Waals surface area contributed by atoms with Crippen molar-refractivity contribution >= 4 is 18.0 Å². The van der Waals surface area contributed by atoms with Crippen LogP contribution in [0.3, 0.4) is 0 Å². The van der Waals surface area contributed by atoms with Crippen LogP contribution in [0.25, 0.3) is 0 Å². The Kier molecular flexibility index (Phi) is 1.69. The zero-order valence-corrected chi connectivity index (χ0v) is 7.04. The third-order valence-electron chi connectivity index (χ3n) is 1.71. The summed E-state index contributed by atoms with van der Waals surface area (Å²) in [6.45, 7) is 0.496. The van der Waals surface area contributed by atoms with Crippen LogP contribution in [0, 0.1) is 0 Å². The summed E-state index contributed by atoms with van der Waals surface area (Å²) in [4.78, 5) is 11.6. The minimum absolute atomic E-state index is 0.496. The van der Waals surface area contributed by atoms with Gasteiger partial charge in [-0.15, -0.1) is 0 Å². The Labute approximate surface area is 74.1 Å². The first-order valence-electron chi connectivity index (χ1n) is 3.54. The van der Waals surface area contributed by atoms with Gasteiger partial charge >= 0.3 is 6.09 Å². The van der Waals surface area contributed by atoms with Gasteiger partial charge in [0.05, 0.1) is 6.54 Å². The van der Waals surface area contributed by atoms with Crippen molar-refractivity contribution in [3.63, 3.8) is 0 Å². The van der Waals surface area contributed by atoms with E-state index in [1.807, 2.05) is 24.3 Å². The molecule has 0 spiro atoms. The molecule has 1 aromatic carbocycles. The molecular weight excluding hydrogens is 174 g/mol. The number of hydrogen-bond acceptors (Lipinski definition) is 2. The summed E-state index contributed by atoms with van der Waals surface area (Å²) < 4.78 is 1.32. The van der Waals surface area contributed by atoms with E-state index >= 15 is 0 Å². The van der Waals surface area contributed by atoms with Crippen LogP contribution in [-0.2, 0) is 6.54 Å². The topological polar surface area (TPSA) is 40.5 Å². The minimum atomic E-state index is -0.879. The number of amides is 1. The van der Waals surface area contributed by atoms with E-state index in [1.165, 1.54) is 16.3 Å². The summed E-state index contributed by atoms with van der Waals surface area (Å²) in [6, 6.07) is 7.72. The monoisotopic (exact) mass is 181 g/mol. The van der Waals surface area contributed by atoms with Crippen molar-refractivity contribution in [1.82, 2.24) is 4.31 Å². The summed E-state index contributed by atoms with van der Waals surface area (Å²) in [5.41, 5.74) is 1.09. The van der Waals surface area contributed by atoms with Gasteiger partial charge in [0.15, 0.2) is 0 Å². The van der Waals surface area contributed by atoms with E-state index < -0.39 is 6.09 Å². The van der Waals surface area contributed by atoms with Crippen molar-refractivity contribution in [1.29, 1.82) is 0 Å². The number of benzene rings is 1. The first-order chi connectivity index (χ1) is 5.77. The number of rotatable bonds is 0. The number of nitrogens with zero attached hydrogens (tertiary/aromatic N) is 1. The van der Waals surface area contributed by atoms with Gasteiger partial charge in [-0.05, 0) is 23.6 Å². The van der Waals surface area contributed by atoms with Gasteiger partial charge in [0.2, 0.25) is 0 Å². The fourth-order valence-electron chi connectivity index (χ4n) is 1.14. The fourth-order valence-corrected chi connectivity index (χ4v) is 2.04. The highest BCUT2D eigenvalue weighted by molar-refractivity contribution is 7.97. The SMILES string of the molecule is O=C(O)N1Cc2ccccc2S1. The van der Waals surface area contributed by atoms with E-state index in [2.05, 4.69) is 0 Å². The highest BCUT2D eigenvalue weighted by Gasteiger charge is 2.23. The molecule has 3 nitrogen and oxygen atoms in total. The standard InChI is InChI=1S/C8H7NO2S/c10-8(11)9-5-6-3-1-2-4-7(6)12-9/h1-4H,5H2,(H,10,11). The molecule has 1 heterocycles. The second-order valence-corrected chi connectivity index (χ2v) is 3.58. The van der Waals surface area contributed by atoms with E-state index in [4.69, 9.17) is 5.11 Å². The fraction of sp³-hybridized carbons (Fsp3) is 0.125. The molecule has 0 saturated carbocycles. The summed E-state index contributed by atoms with van der Waals surface area (Å²) in [5.74, 6) is 0. The lowest BCUT2D eigenvalue weighted by Gasteiger charge is -2.06. The molecule has 0 bridgehead atoms. The highest BCUT2D eigenvalue weighted by atomic mass is 32.2. The summed E-state index contributed by atoms with van der Waals surface area (Å²) in [6.07, 6.45) is -0.879. The van der Waals surface area contributed by atoms with Crippen molar-refractivity contribution < 1.29 is 9.90 Å². The molecule has 1 aromatic rings. The first kappa shape index (κ1) is 7.49. The normalized spacial score (nSPS) is 14.5. The molecule has 0 atom stereocenters. The molecule has 0 saturated heterocycles. The Balaban J connectivity index is 2.27. The Hall–Kier alpha value is -1.16. The van der Waals surface area contributed by atoms with Crippen LogP contribution in [0.15, 0.2) is 29.2 Å². The van der Waals surface area contributed by atoms with E-state index in [9.17, 15) is 4.79 Å². The van der Waals surface area contributed by atoms with Gasteiger partial charge in [-0.1, -0.05) is 18.2 Å². The van der Waals surface area contributed by atoms with Crippen molar-refractivity contribution in [3.8, 4) is 0 Å². The van der Waals surface area contributed by atoms with Gasteiger partial charge in [-0.25, -0.2) is 9.10 Å². The van der Waals surface area contributed by atoms with Crippen molar-refractivity contribution in [2.24, 2.45) is 0 Å². The summed E-state index contributed by atoms with van der Waals surface area (Å²) in [5, 5.41) is 8.69. The maximum absolute atomic E-state index is 10.6. The highest BCUT2D eigenvalue weighted by Crippen LogP contribution is 2.35. The van der Waals surface area contributed by atoms with Gasteiger partial charge in [-0.3, -0.25) is 0 Å². The molecule has 1 aliphatic heterocycles. The second-order valence-electron chi connectivity index (χ2n) is 2.52. The van der Waals surface area contributed by atoms with Crippen LogP contribution in [0.5, 0.6) is 0 Å². The maximum atomic E-state index is 10.6. The van der Waals surface area contributed by atoms with Crippen LogP contribution in [0.1, 0.15) is 5.56 Å². The van der Waals surface area contributed by atoms with Gasteiger partial charge in [0.25, 0.3) is 0 Å². The van der Waals surface area contributed by atoms with Crippen LogP contribution in [0.4, 0.5) is 4.79 Å². The van der Waals surface area contributed by atoms with E-state index in [1.54, 1.807) is 0 Å². The quantitative estimate of drug-likeness (QED) is 0.624. The Bertz CT molecular complexity index is 302. The van der Waals surface area contributed by atoms with Crippen LogP contribution in [-0.4, -0.2) is 15.5 Å². The largest absolute Gasteiger partial charge is 0.464 e. The predicted molar refractivity (Wildman–Crippen MR) is 45.9 cm³/mol. The molecule has 2 rings (SSSR count). The number of fused-ring (bicyclic) bond motifs is 1. The van der Waals surface area contributed by atoms with E-state index in [0.29, 0.717) is 6.54 Å². The van der Waals surface area contributed by atoms with Gasteiger partial charge < -0.3 is 5.11 Å². The number of carboxylic acid groups (broad SMARTS) is 1. The van der Waals surface area contributed by atoms with E-state index in [0.717, 1.165) is 10.5 Å². The van der Waals surface area contributed by atoms with Crippen molar-refractivity contribution in [2.75, 3.05) is 0 Å². The lowest BCUT2D eigenvalue weighted by Crippen LogP contribution is -2.16. The minimum Gasteiger partial charge on any atom is -0.464 e. The third-order valence-corrected chi connectivity index (χ3v) is 2.81. The van der Waals surface area contributed by atoms with Crippen molar-refractivity contribution in [2.45, 2.75) is 11.4 Å². The Morgan fingerprint density at radius 3 is 2.92 bits per heavy atom. The smallest absolute Gasteiger partial charge is 0.418 e. The Morgan fingerprint density at radius 2 is 2.25 bits per heavy atom. The third kappa shape index (κ3) is 1.14. The molecule has 1 amide bonds. The van der Waals surface area contributed by atoms with Gasteiger partial charge in [0, 0.05) is 4.90 Å². The zero-order valence-electron chi connectivity index (χ0n) is 6.23. The molecule has 1 N–H and O–H groups in total. The van der Waals surface area contributed by atoms with Gasteiger partial charge in [0.1, 0.15) is 0 Å². The molecule has 0 radical (unpaired) electrons. The molecule has 1 aliphatic rings. The molecule has 62 valence electrons. The van der Waals surface area contributed by atoms with Crippen molar-refractivity contribution in [3.05, 3.63) is 29.8 Å². The van der Waals surface area contributed by atoms with Crippen LogP contribution >= 0.6 is 11.9 Å². The molecular formula is C8H7NO2S. The molecule has 4 heteroatoms. The molecule has 0 aliphatic carbocycles. The molecule has 12 heavy (non-hydrogen) atoms. The summed E-state index contributed by atoms with van der Waals surface area (Å²) in [7, 11) is 0. The molecule has 0 fully saturated rings. The van der Waals surface area contributed by atoms with Crippen LogP contribution < -0.4 is 0 Å². The Morgan fingerprint density at radius 1 is 1.50 bits per heavy atom. The number of carbonyl (C=O) groups is 1. The van der Waals surface area contributed by atoms with Gasteiger partial charge in [-0.2, -0.15) is 0 Å². The lowest BCUT2D eigenvalue weighted by atomic mass is 10.2. The maximum Gasteiger partial charge on any atom is 0.418 e. The first-order valence-corrected chi connectivity index (χ1v) is 4.31. The lowest BCUT2D eigenvalue weighted by molar-refractivity contribution is 0.175.